The number of nitrogens with one attached hydrogen (secondary N) is 1. The highest BCUT2D eigenvalue weighted by molar-refractivity contribution is 6.29. The van der Waals surface area contributed by atoms with E-state index in [0.717, 1.165) is 0 Å². The lowest BCUT2D eigenvalue weighted by molar-refractivity contribution is 0.0594. The van der Waals surface area contributed by atoms with Crippen LogP contribution in [0.2, 0.25) is 5.15 Å². The third-order valence-corrected chi connectivity index (χ3v) is 3.08. The van der Waals surface area contributed by atoms with Gasteiger partial charge < -0.3 is 10.1 Å². The van der Waals surface area contributed by atoms with E-state index in [2.05, 4.69) is 30.0 Å². The van der Waals surface area contributed by atoms with Crippen molar-refractivity contribution in [1.29, 1.82) is 0 Å². The number of methoxy groups -OCH3 is 1. The molecule has 0 unspecified atom stereocenters. The van der Waals surface area contributed by atoms with Gasteiger partial charge >= 0.3 is 5.97 Å². The van der Waals surface area contributed by atoms with Crippen LogP contribution in [0.15, 0.2) is 36.8 Å². The van der Waals surface area contributed by atoms with Crippen molar-refractivity contribution in [3.8, 4) is 0 Å². The number of carbonyl (C=O) groups is 1. The summed E-state index contributed by atoms with van der Waals surface area (Å²) >= 11 is 5.91. The first-order valence-electron chi connectivity index (χ1n) is 6.26. The molecule has 0 bridgehead atoms. The number of rotatable bonds is 3. The minimum absolute atomic E-state index is 0.224. The highest BCUT2D eigenvalue weighted by atomic mass is 35.5. The fourth-order valence-electron chi connectivity index (χ4n) is 1.84. The molecule has 1 N–H and O–H groups in total. The Morgan fingerprint density at radius 1 is 1.18 bits per heavy atom. The van der Waals surface area contributed by atoms with Crippen LogP contribution in [-0.4, -0.2) is 33.0 Å². The number of halogens is 1. The number of esters is 1. The van der Waals surface area contributed by atoms with E-state index in [1.54, 1.807) is 24.3 Å². The molecule has 0 saturated heterocycles. The van der Waals surface area contributed by atoms with Gasteiger partial charge in [0.1, 0.15) is 22.7 Å². The van der Waals surface area contributed by atoms with Gasteiger partial charge in [0.15, 0.2) is 5.82 Å². The lowest BCUT2D eigenvalue weighted by Crippen LogP contribution is -2.04. The molecule has 22 heavy (non-hydrogen) atoms. The van der Waals surface area contributed by atoms with Gasteiger partial charge in [0.2, 0.25) is 0 Å². The number of anilines is 2. The van der Waals surface area contributed by atoms with Crippen LogP contribution in [0.1, 0.15) is 10.5 Å². The lowest BCUT2D eigenvalue weighted by Gasteiger charge is -2.07. The smallest absolute Gasteiger partial charge is 0.356 e. The Kier molecular flexibility index (Phi) is 3.80. The maximum Gasteiger partial charge on any atom is 0.356 e. The zero-order chi connectivity index (χ0) is 15.5. The second-order valence-corrected chi connectivity index (χ2v) is 4.66. The topological polar surface area (TPSA) is 89.9 Å². The number of ether oxygens (including phenoxy) is 1. The van der Waals surface area contributed by atoms with Gasteiger partial charge in [-0.25, -0.2) is 24.7 Å². The number of hydrogen-bond donors (Lipinski definition) is 1. The summed E-state index contributed by atoms with van der Waals surface area (Å²) in [6.45, 7) is 0. The number of pyridine rings is 2. The van der Waals surface area contributed by atoms with Crippen molar-refractivity contribution in [3.63, 3.8) is 0 Å². The lowest BCUT2D eigenvalue weighted by atomic mass is 10.3. The molecule has 0 spiro atoms. The van der Waals surface area contributed by atoms with E-state index in [-0.39, 0.29) is 5.69 Å². The largest absolute Gasteiger partial charge is 0.464 e. The van der Waals surface area contributed by atoms with Crippen molar-refractivity contribution in [2.24, 2.45) is 0 Å². The zero-order valence-corrected chi connectivity index (χ0v) is 12.2. The van der Waals surface area contributed by atoms with Gasteiger partial charge in [0, 0.05) is 0 Å². The Labute approximate surface area is 130 Å². The Balaban J connectivity index is 1.93. The molecule has 0 aliphatic rings. The Morgan fingerprint density at radius 3 is 2.77 bits per heavy atom. The first-order valence-corrected chi connectivity index (χ1v) is 6.64. The van der Waals surface area contributed by atoms with Crippen LogP contribution in [0, 0.1) is 0 Å². The predicted molar refractivity (Wildman–Crippen MR) is 81.2 cm³/mol. The third-order valence-electron chi connectivity index (χ3n) is 2.87. The van der Waals surface area contributed by atoms with Gasteiger partial charge in [-0.1, -0.05) is 11.6 Å². The number of aromatic nitrogens is 4. The second kappa shape index (κ2) is 5.90. The fourth-order valence-corrected chi connectivity index (χ4v) is 1.99. The summed E-state index contributed by atoms with van der Waals surface area (Å²) < 4.78 is 4.60. The predicted octanol–water partition coefficient (Wildman–Crippen LogP) is 2.60. The Hall–Kier alpha value is -2.80. The summed E-state index contributed by atoms with van der Waals surface area (Å²) in [6, 6.07) is 6.67. The Morgan fingerprint density at radius 2 is 2.05 bits per heavy atom. The fraction of sp³-hybridized carbons (Fsp3) is 0.0714. The molecule has 0 aromatic carbocycles. The maximum absolute atomic E-state index is 11.3. The summed E-state index contributed by atoms with van der Waals surface area (Å²) in [5, 5.41) is 3.42. The highest BCUT2D eigenvalue weighted by Crippen LogP contribution is 2.22. The van der Waals surface area contributed by atoms with E-state index in [1.807, 2.05) is 0 Å². The average molecular weight is 316 g/mol. The molecule has 3 aromatic rings. The van der Waals surface area contributed by atoms with Crippen molar-refractivity contribution in [1.82, 2.24) is 19.9 Å². The van der Waals surface area contributed by atoms with Crippen LogP contribution in [0.4, 0.5) is 11.5 Å². The standard InChI is InChI=1S/C14H10ClN5O2/c1-22-14(21)10-3-2-8(6-16-10)19-13-12-9(17-7-18-13)4-5-11(15)20-12/h2-7H,1H3,(H,17,18,19). The van der Waals surface area contributed by atoms with Gasteiger partial charge in [-0.15, -0.1) is 0 Å². The normalized spacial score (nSPS) is 10.5. The maximum atomic E-state index is 11.3. The van der Waals surface area contributed by atoms with Gasteiger partial charge in [-0.3, -0.25) is 0 Å². The summed E-state index contributed by atoms with van der Waals surface area (Å²) in [6.07, 6.45) is 2.93. The number of nitrogens with zero attached hydrogens (tertiary/aromatic N) is 4. The summed E-state index contributed by atoms with van der Waals surface area (Å²) in [5.41, 5.74) is 2.09. The van der Waals surface area contributed by atoms with Crippen LogP contribution < -0.4 is 5.32 Å². The average Bonchev–Trinajstić information content (AvgIpc) is 2.55. The van der Waals surface area contributed by atoms with E-state index >= 15 is 0 Å². The molecule has 0 aliphatic heterocycles. The second-order valence-electron chi connectivity index (χ2n) is 4.27. The van der Waals surface area contributed by atoms with Crippen molar-refractivity contribution < 1.29 is 9.53 Å². The molecule has 0 fully saturated rings. The molecule has 110 valence electrons. The molecule has 0 aliphatic carbocycles. The van der Waals surface area contributed by atoms with Crippen LogP contribution in [0.25, 0.3) is 11.0 Å². The number of fused-ring (bicyclic) bond motifs is 1. The Bertz CT molecular complexity index is 838. The van der Waals surface area contributed by atoms with Crippen LogP contribution in [-0.2, 0) is 4.74 Å². The number of carbonyl (C=O) groups excluding carboxylic acids is 1. The van der Waals surface area contributed by atoms with E-state index in [1.165, 1.54) is 19.6 Å². The van der Waals surface area contributed by atoms with Crippen molar-refractivity contribution in [2.75, 3.05) is 12.4 Å². The van der Waals surface area contributed by atoms with E-state index in [4.69, 9.17) is 11.6 Å². The molecule has 0 radical (unpaired) electrons. The first kappa shape index (κ1) is 14.2. The molecule has 3 heterocycles. The van der Waals surface area contributed by atoms with Gasteiger partial charge in [-0.05, 0) is 24.3 Å². The molecule has 0 amide bonds. The molecular weight excluding hydrogens is 306 g/mol. The quantitative estimate of drug-likeness (QED) is 0.587. The van der Waals surface area contributed by atoms with Crippen LogP contribution in [0.3, 0.4) is 0 Å². The minimum atomic E-state index is -0.493. The van der Waals surface area contributed by atoms with Crippen molar-refractivity contribution in [2.45, 2.75) is 0 Å². The van der Waals surface area contributed by atoms with Crippen LogP contribution >= 0.6 is 11.6 Å². The highest BCUT2D eigenvalue weighted by Gasteiger charge is 2.09. The SMILES string of the molecule is COC(=O)c1ccc(Nc2ncnc3ccc(Cl)nc23)cn1. The molecule has 3 rings (SSSR count). The van der Waals surface area contributed by atoms with Crippen molar-refractivity contribution >= 4 is 40.1 Å². The van der Waals surface area contributed by atoms with Gasteiger partial charge in [0.25, 0.3) is 0 Å². The van der Waals surface area contributed by atoms with Gasteiger partial charge in [-0.2, -0.15) is 0 Å². The minimum Gasteiger partial charge on any atom is -0.464 e. The molecular formula is C14H10ClN5O2. The van der Waals surface area contributed by atoms with Crippen molar-refractivity contribution in [3.05, 3.63) is 47.6 Å². The third kappa shape index (κ3) is 2.79. The molecule has 3 aromatic heterocycles. The number of hydrogen-bond acceptors (Lipinski definition) is 7. The van der Waals surface area contributed by atoms with E-state index < -0.39 is 5.97 Å². The molecule has 7 nitrogen and oxygen atoms in total. The van der Waals surface area contributed by atoms with E-state index in [9.17, 15) is 4.79 Å². The summed E-state index contributed by atoms with van der Waals surface area (Å²) in [7, 11) is 1.30. The van der Waals surface area contributed by atoms with Crippen LogP contribution in [0.5, 0.6) is 0 Å². The first-order chi connectivity index (χ1) is 10.7. The summed E-state index contributed by atoms with van der Waals surface area (Å²) in [5.74, 6) is 0.00704. The van der Waals surface area contributed by atoms with E-state index in [0.29, 0.717) is 27.7 Å². The monoisotopic (exact) mass is 315 g/mol. The van der Waals surface area contributed by atoms with Gasteiger partial charge in [0.05, 0.1) is 24.5 Å². The molecule has 8 heteroatoms. The molecule has 0 saturated carbocycles. The summed E-state index contributed by atoms with van der Waals surface area (Å²) in [4.78, 5) is 27.9. The molecule has 0 atom stereocenters. The zero-order valence-electron chi connectivity index (χ0n) is 11.4.